The zero-order chi connectivity index (χ0) is 21.6. The van der Waals surface area contributed by atoms with E-state index in [1.54, 1.807) is 0 Å². The maximum atomic E-state index is 14.0. The molecule has 4 nitrogen and oxygen atoms in total. The number of hydrogen-bond acceptors (Lipinski definition) is 4. The van der Waals surface area contributed by atoms with E-state index in [9.17, 15) is 4.79 Å². The van der Waals surface area contributed by atoms with Crippen molar-refractivity contribution in [3.05, 3.63) is 65.7 Å². The number of rotatable bonds is 9. The Kier molecular flexibility index (Phi) is 7.32. The van der Waals surface area contributed by atoms with Crippen LogP contribution in [-0.4, -0.2) is 37.6 Å². The molecule has 0 bridgehead atoms. The zero-order valence-corrected chi connectivity index (χ0v) is 18.7. The predicted molar refractivity (Wildman–Crippen MR) is 124 cm³/mol. The second-order valence-corrected chi connectivity index (χ2v) is 9.05. The standard InChI is InChI=1S/C26H36N2O2/c1-4-5-15-26(25(2,3)27,20-21-9-7-6-8-10-21)24(29)22-11-13-23(14-12-22)28-16-18-30-19-17-28/h6-14H,4-5,15-20,27H2,1-3H3. The second-order valence-electron chi connectivity index (χ2n) is 9.05. The molecule has 30 heavy (non-hydrogen) atoms. The van der Waals surface area contributed by atoms with Crippen LogP contribution in [-0.2, 0) is 11.2 Å². The molecular formula is C26H36N2O2. The number of unbranched alkanes of at least 4 members (excludes halogenated alkanes) is 1. The van der Waals surface area contributed by atoms with E-state index in [1.165, 1.54) is 0 Å². The molecule has 1 aliphatic rings. The van der Waals surface area contributed by atoms with Crippen LogP contribution in [0.3, 0.4) is 0 Å². The van der Waals surface area contributed by atoms with E-state index < -0.39 is 11.0 Å². The van der Waals surface area contributed by atoms with Crippen LogP contribution in [0.5, 0.6) is 0 Å². The quantitative estimate of drug-likeness (QED) is 0.602. The van der Waals surface area contributed by atoms with Crippen molar-refractivity contribution in [2.45, 2.75) is 52.0 Å². The summed E-state index contributed by atoms with van der Waals surface area (Å²) in [5.74, 6) is 0.154. The first-order chi connectivity index (χ1) is 14.4. The average molecular weight is 409 g/mol. The van der Waals surface area contributed by atoms with Crippen LogP contribution in [0.1, 0.15) is 56.0 Å². The normalized spacial score (nSPS) is 16.9. The van der Waals surface area contributed by atoms with Gasteiger partial charge in [-0.25, -0.2) is 0 Å². The fourth-order valence-electron chi connectivity index (χ4n) is 4.47. The van der Waals surface area contributed by atoms with Crippen LogP contribution in [0.25, 0.3) is 0 Å². The summed E-state index contributed by atoms with van der Waals surface area (Å²) in [5, 5.41) is 0. The van der Waals surface area contributed by atoms with Crippen LogP contribution in [0.15, 0.2) is 54.6 Å². The number of nitrogens with zero attached hydrogens (tertiary/aromatic N) is 1. The molecule has 2 aromatic carbocycles. The topological polar surface area (TPSA) is 55.6 Å². The first kappa shape index (κ1) is 22.5. The van der Waals surface area contributed by atoms with Crippen LogP contribution >= 0.6 is 0 Å². The highest BCUT2D eigenvalue weighted by atomic mass is 16.5. The lowest BCUT2D eigenvalue weighted by Crippen LogP contribution is -2.56. The summed E-state index contributed by atoms with van der Waals surface area (Å²) >= 11 is 0. The molecule has 1 atom stereocenters. The number of anilines is 1. The van der Waals surface area contributed by atoms with Gasteiger partial charge in [0.25, 0.3) is 0 Å². The largest absolute Gasteiger partial charge is 0.378 e. The molecule has 4 heteroatoms. The summed E-state index contributed by atoms with van der Waals surface area (Å²) in [4.78, 5) is 16.3. The Bertz CT molecular complexity index is 805. The molecule has 0 aliphatic carbocycles. The van der Waals surface area contributed by atoms with E-state index in [4.69, 9.17) is 10.5 Å². The Morgan fingerprint density at radius 2 is 1.67 bits per heavy atom. The lowest BCUT2D eigenvalue weighted by Gasteiger charge is -2.44. The predicted octanol–water partition coefficient (Wildman–Crippen LogP) is 4.86. The van der Waals surface area contributed by atoms with Crippen LogP contribution in [0, 0.1) is 5.41 Å². The minimum atomic E-state index is -0.648. The van der Waals surface area contributed by atoms with Crippen LogP contribution in [0.4, 0.5) is 5.69 Å². The summed E-state index contributed by atoms with van der Waals surface area (Å²) in [7, 11) is 0. The fourth-order valence-corrected chi connectivity index (χ4v) is 4.47. The van der Waals surface area contributed by atoms with Gasteiger partial charge in [0.05, 0.1) is 18.6 Å². The van der Waals surface area contributed by atoms with Gasteiger partial charge < -0.3 is 15.4 Å². The van der Waals surface area contributed by atoms with Gasteiger partial charge in [0.2, 0.25) is 0 Å². The van der Waals surface area contributed by atoms with Gasteiger partial charge in [0, 0.05) is 29.9 Å². The third kappa shape index (κ3) is 4.93. The van der Waals surface area contributed by atoms with Crippen LogP contribution in [0.2, 0.25) is 0 Å². The Balaban J connectivity index is 1.94. The molecule has 0 amide bonds. The van der Waals surface area contributed by atoms with Crippen molar-refractivity contribution in [1.82, 2.24) is 0 Å². The highest BCUT2D eigenvalue weighted by Gasteiger charge is 2.48. The maximum Gasteiger partial charge on any atom is 0.171 e. The molecule has 2 N–H and O–H groups in total. The number of benzene rings is 2. The van der Waals surface area contributed by atoms with E-state index in [0.29, 0.717) is 6.42 Å². The van der Waals surface area contributed by atoms with Gasteiger partial charge in [-0.3, -0.25) is 4.79 Å². The molecule has 1 fully saturated rings. The molecule has 0 radical (unpaired) electrons. The molecule has 0 spiro atoms. The van der Waals surface area contributed by atoms with Gasteiger partial charge in [-0.05, 0) is 56.5 Å². The molecule has 3 rings (SSSR count). The van der Waals surface area contributed by atoms with Gasteiger partial charge in [-0.15, -0.1) is 0 Å². The zero-order valence-electron chi connectivity index (χ0n) is 18.7. The number of hydrogen-bond donors (Lipinski definition) is 1. The molecule has 1 heterocycles. The molecule has 1 unspecified atom stereocenters. The van der Waals surface area contributed by atoms with Crippen molar-refractivity contribution < 1.29 is 9.53 Å². The van der Waals surface area contributed by atoms with Crippen molar-refractivity contribution in [2.24, 2.45) is 11.1 Å². The number of nitrogens with two attached hydrogens (primary N) is 1. The Morgan fingerprint density at radius 3 is 2.23 bits per heavy atom. The summed E-state index contributed by atoms with van der Waals surface area (Å²) < 4.78 is 5.45. The molecule has 0 saturated carbocycles. The molecule has 1 aliphatic heterocycles. The minimum absolute atomic E-state index is 0.154. The number of ketones is 1. The Hall–Kier alpha value is -2.17. The van der Waals surface area contributed by atoms with Crippen molar-refractivity contribution in [1.29, 1.82) is 0 Å². The first-order valence-corrected chi connectivity index (χ1v) is 11.2. The van der Waals surface area contributed by atoms with Gasteiger partial charge in [-0.2, -0.15) is 0 Å². The monoisotopic (exact) mass is 408 g/mol. The SMILES string of the molecule is CCCCC(Cc1ccccc1)(C(=O)c1ccc(N2CCOCC2)cc1)C(C)(C)N. The average Bonchev–Trinajstić information content (AvgIpc) is 2.77. The van der Waals surface area contributed by atoms with Crippen LogP contribution < -0.4 is 10.6 Å². The number of carbonyl (C=O) groups excluding carboxylic acids is 1. The third-order valence-electron chi connectivity index (χ3n) is 6.48. The highest BCUT2D eigenvalue weighted by Crippen LogP contribution is 2.42. The summed E-state index contributed by atoms with van der Waals surface area (Å²) in [6.45, 7) is 9.45. The van der Waals surface area contributed by atoms with E-state index in [2.05, 4.69) is 36.1 Å². The van der Waals surface area contributed by atoms with E-state index in [1.807, 2.05) is 44.2 Å². The summed E-state index contributed by atoms with van der Waals surface area (Å²) in [6.07, 6.45) is 3.45. The van der Waals surface area contributed by atoms with Gasteiger partial charge >= 0.3 is 0 Å². The lowest BCUT2D eigenvalue weighted by molar-refractivity contribution is 0.0611. The van der Waals surface area contributed by atoms with Gasteiger partial charge in [-0.1, -0.05) is 50.1 Å². The number of ether oxygens (including phenoxy) is 1. The first-order valence-electron chi connectivity index (χ1n) is 11.2. The van der Waals surface area contributed by atoms with Crippen molar-refractivity contribution >= 4 is 11.5 Å². The summed E-state index contributed by atoms with van der Waals surface area (Å²) in [5.41, 5.74) is 8.50. The van der Waals surface area contributed by atoms with Gasteiger partial charge in [0.1, 0.15) is 0 Å². The lowest BCUT2D eigenvalue weighted by atomic mass is 9.61. The highest BCUT2D eigenvalue weighted by molar-refractivity contribution is 6.02. The van der Waals surface area contributed by atoms with Crippen molar-refractivity contribution in [3.63, 3.8) is 0 Å². The number of Topliss-reactive ketones (excluding diaryl/α,β-unsaturated/α-hetero) is 1. The smallest absolute Gasteiger partial charge is 0.171 e. The molecule has 2 aromatic rings. The third-order valence-corrected chi connectivity index (χ3v) is 6.48. The van der Waals surface area contributed by atoms with E-state index in [-0.39, 0.29) is 5.78 Å². The fraction of sp³-hybridized carbons (Fsp3) is 0.500. The summed E-state index contributed by atoms with van der Waals surface area (Å²) in [6, 6.07) is 18.4. The van der Waals surface area contributed by atoms with E-state index >= 15 is 0 Å². The van der Waals surface area contributed by atoms with E-state index in [0.717, 1.165) is 62.4 Å². The second kappa shape index (κ2) is 9.76. The van der Waals surface area contributed by atoms with Crippen molar-refractivity contribution in [3.8, 4) is 0 Å². The Morgan fingerprint density at radius 1 is 1.03 bits per heavy atom. The molecule has 1 saturated heterocycles. The molecular weight excluding hydrogens is 372 g/mol. The minimum Gasteiger partial charge on any atom is -0.378 e. The van der Waals surface area contributed by atoms with Crippen molar-refractivity contribution in [2.75, 3.05) is 31.2 Å². The molecule has 0 aromatic heterocycles. The van der Waals surface area contributed by atoms with Gasteiger partial charge in [0.15, 0.2) is 5.78 Å². The maximum absolute atomic E-state index is 14.0. The number of morpholine rings is 1. The molecule has 162 valence electrons. The number of carbonyl (C=O) groups is 1. The Labute approximate surface area is 181 Å².